The highest BCUT2D eigenvalue weighted by molar-refractivity contribution is 9.10. The molecular formula is C15H7BrCl2FNO. The lowest BCUT2D eigenvalue weighted by atomic mass is 9.91. The Labute approximate surface area is 139 Å². The summed E-state index contributed by atoms with van der Waals surface area (Å²) in [5, 5.41) is 9.62. The average Bonchev–Trinajstić information content (AvgIpc) is 2.45. The standard InChI is InChI=1S/C15H7BrCl2FNO/c16-10-5-4-8(6-12(10)18)15(21)9(7-20)14-11(17)2-1-3-13(14)19/h1-6,9H. The van der Waals surface area contributed by atoms with E-state index in [4.69, 9.17) is 23.2 Å². The Kier molecular flexibility index (Phi) is 5.00. The number of benzene rings is 2. The van der Waals surface area contributed by atoms with Crippen LogP contribution in [0.25, 0.3) is 0 Å². The average molecular weight is 387 g/mol. The number of nitriles is 1. The smallest absolute Gasteiger partial charge is 0.184 e. The zero-order chi connectivity index (χ0) is 15.6. The van der Waals surface area contributed by atoms with Crippen molar-refractivity contribution in [1.29, 1.82) is 5.26 Å². The molecule has 0 aromatic heterocycles. The Hall–Kier alpha value is -1.41. The molecular weight excluding hydrogens is 380 g/mol. The maximum absolute atomic E-state index is 13.9. The number of nitrogens with zero attached hydrogens (tertiary/aromatic N) is 1. The van der Waals surface area contributed by atoms with Crippen molar-refractivity contribution in [2.75, 3.05) is 0 Å². The molecule has 1 atom stereocenters. The minimum Gasteiger partial charge on any atom is -0.292 e. The third-order valence-corrected chi connectivity index (χ3v) is 4.45. The molecule has 0 spiro atoms. The minimum atomic E-state index is -1.32. The number of carbonyl (C=O) groups is 1. The highest BCUT2D eigenvalue weighted by Crippen LogP contribution is 2.31. The van der Waals surface area contributed by atoms with Crippen LogP contribution < -0.4 is 0 Å². The zero-order valence-corrected chi connectivity index (χ0v) is 13.5. The number of carbonyl (C=O) groups excluding carboxylic acids is 1. The maximum Gasteiger partial charge on any atom is 0.184 e. The van der Waals surface area contributed by atoms with E-state index in [2.05, 4.69) is 15.9 Å². The van der Waals surface area contributed by atoms with Crippen LogP contribution in [0, 0.1) is 17.1 Å². The van der Waals surface area contributed by atoms with Gasteiger partial charge in [-0.3, -0.25) is 4.79 Å². The third-order valence-electron chi connectivity index (χ3n) is 2.88. The molecule has 2 aromatic rings. The molecule has 2 nitrogen and oxygen atoms in total. The second kappa shape index (κ2) is 6.57. The summed E-state index contributed by atoms with van der Waals surface area (Å²) in [5.41, 5.74) is 0.0970. The highest BCUT2D eigenvalue weighted by atomic mass is 79.9. The van der Waals surface area contributed by atoms with Gasteiger partial charge >= 0.3 is 0 Å². The number of halogens is 4. The van der Waals surface area contributed by atoms with E-state index in [1.807, 2.05) is 0 Å². The summed E-state index contributed by atoms with van der Waals surface area (Å²) >= 11 is 15.1. The van der Waals surface area contributed by atoms with Gasteiger partial charge < -0.3 is 0 Å². The Bertz CT molecular complexity index is 738. The highest BCUT2D eigenvalue weighted by Gasteiger charge is 2.27. The van der Waals surface area contributed by atoms with Crippen LogP contribution in [0.3, 0.4) is 0 Å². The number of ketones is 1. The number of Topliss-reactive ketones (excluding diaryl/α,β-unsaturated/α-hetero) is 1. The Balaban J connectivity index is 2.49. The molecule has 2 aromatic carbocycles. The van der Waals surface area contributed by atoms with Crippen LogP contribution in [-0.4, -0.2) is 5.78 Å². The van der Waals surface area contributed by atoms with E-state index < -0.39 is 17.5 Å². The summed E-state index contributed by atoms with van der Waals surface area (Å²) in [6.07, 6.45) is 0. The summed E-state index contributed by atoms with van der Waals surface area (Å²) in [7, 11) is 0. The van der Waals surface area contributed by atoms with E-state index in [1.165, 1.54) is 24.3 Å². The summed E-state index contributed by atoms with van der Waals surface area (Å²) in [6, 6.07) is 10.3. The van der Waals surface area contributed by atoms with E-state index in [0.717, 1.165) is 6.07 Å². The van der Waals surface area contributed by atoms with Crippen LogP contribution in [0.1, 0.15) is 21.8 Å². The molecule has 0 fully saturated rings. The fourth-order valence-corrected chi connectivity index (χ4v) is 2.56. The first kappa shape index (κ1) is 16.0. The van der Waals surface area contributed by atoms with Crippen molar-refractivity contribution in [3.8, 4) is 6.07 Å². The van der Waals surface area contributed by atoms with Gasteiger partial charge in [0.05, 0.1) is 11.1 Å². The van der Waals surface area contributed by atoms with Crippen molar-refractivity contribution in [1.82, 2.24) is 0 Å². The van der Waals surface area contributed by atoms with Crippen LogP contribution in [0.5, 0.6) is 0 Å². The molecule has 106 valence electrons. The molecule has 1 unspecified atom stereocenters. The first-order valence-corrected chi connectivity index (χ1v) is 7.33. The van der Waals surface area contributed by atoms with Crippen LogP contribution in [0.4, 0.5) is 4.39 Å². The molecule has 21 heavy (non-hydrogen) atoms. The topological polar surface area (TPSA) is 40.9 Å². The lowest BCUT2D eigenvalue weighted by Crippen LogP contribution is -2.13. The van der Waals surface area contributed by atoms with Gasteiger partial charge in [-0.2, -0.15) is 5.26 Å². The molecule has 0 aliphatic heterocycles. The van der Waals surface area contributed by atoms with Gasteiger partial charge in [0.15, 0.2) is 5.78 Å². The summed E-state index contributed by atoms with van der Waals surface area (Å²) in [5.74, 6) is -2.57. The van der Waals surface area contributed by atoms with E-state index >= 15 is 0 Å². The van der Waals surface area contributed by atoms with Crippen LogP contribution in [0.15, 0.2) is 40.9 Å². The molecule has 0 heterocycles. The van der Waals surface area contributed by atoms with Crippen molar-refractivity contribution >= 4 is 44.9 Å². The van der Waals surface area contributed by atoms with Crippen LogP contribution >= 0.6 is 39.1 Å². The van der Waals surface area contributed by atoms with Gasteiger partial charge in [0.1, 0.15) is 11.7 Å². The van der Waals surface area contributed by atoms with Crippen LogP contribution in [0.2, 0.25) is 10.0 Å². The molecule has 0 aliphatic rings. The number of hydrogen-bond donors (Lipinski definition) is 0. The minimum absolute atomic E-state index is 0.0399. The normalized spacial score (nSPS) is 11.8. The Morgan fingerprint density at radius 3 is 2.52 bits per heavy atom. The van der Waals surface area contributed by atoms with Gasteiger partial charge in [0.2, 0.25) is 0 Å². The molecule has 0 saturated heterocycles. The Morgan fingerprint density at radius 1 is 1.24 bits per heavy atom. The van der Waals surface area contributed by atoms with Crippen molar-refractivity contribution in [3.63, 3.8) is 0 Å². The molecule has 0 bridgehead atoms. The SMILES string of the molecule is N#CC(C(=O)c1ccc(Br)c(Cl)c1)c1c(F)cccc1Cl. The van der Waals surface area contributed by atoms with E-state index in [9.17, 15) is 14.4 Å². The van der Waals surface area contributed by atoms with Gasteiger partial charge in [-0.15, -0.1) is 0 Å². The monoisotopic (exact) mass is 385 g/mol. The summed E-state index contributed by atoms with van der Waals surface area (Å²) < 4.78 is 14.5. The molecule has 2 rings (SSSR count). The van der Waals surface area contributed by atoms with E-state index in [1.54, 1.807) is 12.1 Å². The second-order valence-electron chi connectivity index (χ2n) is 4.19. The molecule has 0 radical (unpaired) electrons. The first-order chi connectivity index (χ1) is 9.95. The van der Waals surface area contributed by atoms with Crippen LogP contribution in [-0.2, 0) is 0 Å². The van der Waals surface area contributed by atoms with E-state index in [0.29, 0.717) is 9.50 Å². The zero-order valence-electron chi connectivity index (χ0n) is 10.4. The van der Waals surface area contributed by atoms with Gasteiger partial charge in [0.25, 0.3) is 0 Å². The fourth-order valence-electron chi connectivity index (χ4n) is 1.86. The fraction of sp³-hybridized carbons (Fsp3) is 0.0667. The van der Waals surface area contributed by atoms with Crippen molar-refractivity contribution in [2.24, 2.45) is 0 Å². The summed E-state index contributed by atoms with van der Waals surface area (Å²) in [6.45, 7) is 0. The summed E-state index contributed by atoms with van der Waals surface area (Å²) in [4.78, 5) is 12.4. The van der Waals surface area contributed by atoms with Crippen molar-refractivity contribution in [3.05, 3.63) is 67.9 Å². The lowest BCUT2D eigenvalue weighted by molar-refractivity contribution is 0.0977. The van der Waals surface area contributed by atoms with Gasteiger partial charge in [-0.1, -0.05) is 35.3 Å². The predicted octanol–water partition coefficient (Wildman–Crippen LogP) is 5.39. The van der Waals surface area contributed by atoms with E-state index in [-0.39, 0.29) is 16.1 Å². The maximum atomic E-state index is 13.9. The molecule has 0 aliphatic carbocycles. The molecule has 6 heteroatoms. The Morgan fingerprint density at radius 2 is 1.95 bits per heavy atom. The van der Waals surface area contributed by atoms with Gasteiger partial charge in [-0.25, -0.2) is 4.39 Å². The quantitative estimate of drug-likeness (QED) is 0.664. The van der Waals surface area contributed by atoms with Crippen molar-refractivity contribution in [2.45, 2.75) is 5.92 Å². The lowest BCUT2D eigenvalue weighted by Gasteiger charge is -2.12. The predicted molar refractivity (Wildman–Crippen MR) is 83.2 cm³/mol. The van der Waals surface area contributed by atoms with Gasteiger partial charge in [0, 0.05) is 20.6 Å². The molecule has 0 amide bonds. The number of rotatable bonds is 3. The second-order valence-corrected chi connectivity index (χ2v) is 5.86. The third kappa shape index (κ3) is 3.26. The largest absolute Gasteiger partial charge is 0.292 e. The number of hydrogen-bond acceptors (Lipinski definition) is 2. The molecule has 0 saturated carbocycles. The van der Waals surface area contributed by atoms with Crippen molar-refractivity contribution < 1.29 is 9.18 Å². The van der Waals surface area contributed by atoms with Gasteiger partial charge in [-0.05, 0) is 40.2 Å². The first-order valence-electron chi connectivity index (χ1n) is 5.78. The molecule has 0 N–H and O–H groups in total.